The molecule has 1 atom stereocenters. The van der Waals surface area contributed by atoms with Gasteiger partial charge < -0.3 is 16.2 Å². The van der Waals surface area contributed by atoms with Crippen molar-refractivity contribution in [1.29, 1.82) is 0 Å². The molecule has 0 heterocycles. The fourth-order valence-electron chi connectivity index (χ4n) is 1.26. The lowest BCUT2D eigenvalue weighted by Crippen LogP contribution is -2.37. The number of nitrogens with one attached hydrogen (secondary N) is 1. The second kappa shape index (κ2) is 5.31. The molecule has 5 heteroatoms. The van der Waals surface area contributed by atoms with E-state index in [9.17, 15) is 9.18 Å². The smallest absolute Gasteiger partial charge is 0.404 e. The van der Waals surface area contributed by atoms with E-state index in [2.05, 4.69) is 5.32 Å². The minimum Gasteiger partial charge on any atom is -0.465 e. The third-order valence-corrected chi connectivity index (χ3v) is 1.90. The maximum Gasteiger partial charge on any atom is 0.404 e. The first-order valence-corrected chi connectivity index (χ1v) is 4.55. The van der Waals surface area contributed by atoms with E-state index in [4.69, 9.17) is 10.8 Å². The summed E-state index contributed by atoms with van der Waals surface area (Å²) in [6, 6.07) is 5.75. The van der Waals surface area contributed by atoms with Crippen LogP contribution in [0.4, 0.5) is 9.18 Å². The van der Waals surface area contributed by atoms with Crippen molar-refractivity contribution in [2.24, 2.45) is 5.73 Å². The molecule has 1 amide bonds. The largest absolute Gasteiger partial charge is 0.465 e. The molecular formula is C10H13FN2O2. The molecule has 0 spiro atoms. The van der Waals surface area contributed by atoms with Crippen molar-refractivity contribution >= 4 is 6.09 Å². The first-order valence-electron chi connectivity index (χ1n) is 4.55. The topological polar surface area (TPSA) is 75.3 Å². The van der Waals surface area contributed by atoms with Crippen molar-refractivity contribution in [3.63, 3.8) is 0 Å². The summed E-state index contributed by atoms with van der Waals surface area (Å²) in [5.74, 6) is -0.314. The minimum absolute atomic E-state index is 0.159. The standard InChI is InChI=1S/C10H13FN2O2/c11-8-3-1-2-7(4-8)5-9(12)6-13-10(14)15/h1-4,9,13H,5-6,12H2,(H,14,15). The van der Waals surface area contributed by atoms with E-state index >= 15 is 0 Å². The van der Waals surface area contributed by atoms with Crippen LogP contribution < -0.4 is 11.1 Å². The summed E-state index contributed by atoms with van der Waals surface area (Å²) in [4.78, 5) is 10.2. The molecule has 0 bridgehead atoms. The Morgan fingerprint density at radius 1 is 1.60 bits per heavy atom. The normalized spacial score (nSPS) is 12.1. The van der Waals surface area contributed by atoms with Gasteiger partial charge in [-0.1, -0.05) is 12.1 Å². The quantitative estimate of drug-likeness (QED) is 0.696. The van der Waals surface area contributed by atoms with Crippen LogP contribution in [-0.4, -0.2) is 23.8 Å². The second-order valence-electron chi connectivity index (χ2n) is 3.28. The summed E-state index contributed by atoms with van der Waals surface area (Å²) in [5, 5.41) is 10.5. The van der Waals surface area contributed by atoms with Gasteiger partial charge in [-0.05, 0) is 24.1 Å². The van der Waals surface area contributed by atoms with E-state index in [1.807, 2.05) is 0 Å². The number of hydrogen-bond acceptors (Lipinski definition) is 2. The minimum atomic E-state index is -1.11. The van der Waals surface area contributed by atoms with Crippen molar-refractivity contribution in [2.45, 2.75) is 12.5 Å². The molecule has 0 saturated carbocycles. The maximum atomic E-state index is 12.8. The number of rotatable bonds is 4. The molecule has 0 saturated heterocycles. The molecule has 1 aromatic rings. The van der Waals surface area contributed by atoms with Gasteiger partial charge in [0, 0.05) is 12.6 Å². The average Bonchev–Trinajstić information content (AvgIpc) is 2.15. The number of carboxylic acid groups (broad SMARTS) is 1. The van der Waals surface area contributed by atoms with Gasteiger partial charge >= 0.3 is 6.09 Å². The lowest BCUT2D eigenvalue weighted by Gasteiger charge is -2.11. The molecule has 4 nitrogen and oxygen atoms in total. The zero-order valence-corrected chi connectivity index (χ0v) is 8.11. The van der Waals surface area contributed by atoms with E-state index in [1.54, 1.807) is 12.1 Å². The predicted molar refractivity (Wildman–Crippen MR) is 54.1 cm³/mol. The highest BCUT2D eigenvalue weighted by molar-refractivity contribution is 5.64. The van der Waals surface area contributed by atoms with Crippen molar-refractivity contribution < 1.29 is 14.3 Å². The van der Waals surface area contributed by atoms with E-state index < -0.39 is 6.09 Å². The van der Waals surface area contributed by atoms with Gasteiger partial charge in [0.05, 0.1) is 0 Å². The van der Waals surface area contributed by atoms with Crippen LogP contribution in [0.25, 0.3) is 0 Å². The van der Waals surface area contributed by atoms with Crippen LogP contribution in [0, 0.1) is 5.82 Å². The molecule has 0 aliphatic rings. The first-order chi connectivity index (χ1) is 7.08. The molecule has 1 rings (SSSR count). The van der Waals surface area contributed by atoms with Gasteiger partial charge in [0.15, 0.2) is 0 Å². The monoisotopic (exact) mass is 212 g/mol. The Bertz CT molecular complexity index is 344. The number of halogens is 1. The zero-order chi connectivity index (χ0) is 11.3. The molecule has 0 aliphatic heterocycles. The molecule has 0 aliphatic carbocycles. The molecule has 0 fully saturated rings. The number of hydrogen-bond donors (Lipinski definition) is 3. The lowest BCUT2D eigenvalue weighted by molar-refractivity contribution is 0.193. The highest BCUT2D eigenvalue weighted by Gasteiger charge is 2.06. The van der Waals surface area contributed by atoms with Crippen molar-refractivity contribution in [2.75, 3.05) is 6.54 Å². The van der Waals surface area contributed by atoms with Gasteiger partial charge in [-0.2, -0.15) is 0 Å². The van der Waals surface area contributed by atoms with Gasteiger partial charge in [-0.3, -0.25) is 0 Å². The Kier molecular flexibility index (Phi) is 4.05. The summed E-state index contributed by atoms with van der Waals surface area (Å²) in [6.07, 6.45) is -0.664. The Morgan fingerprint density at radius 2 is 2.33 bits per heavy atom. The van der Waals surface area contributed by atoms with E-state index in [-0.39, 0.29) is 18.4 Å². The summed E-state index contributed by atoms with van der Waals surface area (Å²) >= 11 is 0. The van der Waals surface area contributed by atoms with Gasteiger partial charge in [-0.15, -0.1) is 0 Å². The zero-order valence-electron chi connectivity index (χ0n) is 8.11. The highest BCUT2D eigenvalue weighted by Crippen LogP contribution is 2.05. The van der Waals surface area contributed by atoms with E-state index in [0.717, 1.165) is 5.56 Å². The fourth-order valence-corrected chi connectivity index (χ4v) is 1.26. The Labute approximate surface area is 86.9 Å². The van der Waals surface area contributed by atoms with Crippen LogP contribution in [0.5, 0.6) is 0 Å². The van der Waals surface area contributed by atoms with Crippen LogP contribution in [0.1, 0.15) is 5.56 Å². The summed E-state index contributed by atoms with van der Waals surface area (Å²) in [7, 11) is 0. The van der Waals surface area contributed by atoms with Crippen molar-refractivity contribution in [3.05, 3.63) is 35.6 Å². The Hall–Kier alpha value is -1.62. The molecule has 4 N–H and O–H groups in total. The molecule has 1 aromatic carbocycles. The second-order valence-corrected chi connectivity index (χ2v) is 3.28. The predicted octanol–water partition coefficient (Wildman–Crippen LogP) is 0.963. The summed E-state index contributed by atoms with van der Waals surface area (Å²) in [6.45, 7) is 0.159. The molecule has 1 unspecified atom stereocenters. The third-order valence-electron chi connectivity index (χ3n) is 1.90. The number of carbonyl (C=O) groups is 1. The molecule has 15 heavy (non-hydrogen) atoms. The molecule has 82 valence electrons. The number of benzene rings is 1. The van der Waals surface area contributed by atoms with Crippen molar-refractivity contribution in [1.82, 2.24) is 5.32 Å². The third kappa shape index (κ3) is 4.42. The van der Waals surface area contributed by atoms with Gasteiger partial charge in [0.1, 0.15) is 5.82 Å². The SMILES string of the molecule is NC(CNC(=O)O)Cc1cccc(F)c1. The molecule has 0 radical (unpaired) electrons. The van der Waals surface area contributed by atoms with Gasteiger partial charge in [-0.25, -0.2) is 9.18 Å². The highest BCUT2D eigenvalue weighted by atomic mass is 19.1. The van der Waals surface area contributed by atoms with Gasteiger partial charge in [0.2, 0.25) is 0 Å². The van der Waals surface area contributed by atoms with Crippen LogP contribution in [-0.2, 0) is 6.42 Å². The van der Waals surface area contributed by atoms with Gasteiger partial charge in [0.25, 0.3) is 0 Å². The number of nitrogens with two attached hydrogens (primary N) is 1. The first kappa shape index (κ1) is 11.5. The Balaban J connectivity index is 2.44. The molecule has 0 aromatic heterocycles. The van der Waals surface area contributed by atoms with Crippen LogP contribution in [0.15, 0.2) is 24.3 Å². The van der Waals surface area contributed by atoms with E-state index in [1.165, 1.54) is 12.1 Å². The lowest BCUT2D eigenvalue weighted by atomic mass is 10.1. The molecular weight excluding hydrogens is 199 g/mol. The average molecular weight is 212 g/mol. The Morgan fingerprint density at radius 3 is 2.93 bits per heavy atom. The summed E-state index contributed by atoms with van der Waals surface area (Å²) < 4.78 is 12.8. The summed E-state index contributed by atoms with van der Waals surface area (Å²) in [5.41, 5.74) is 6.41. The van der Waals surface area contributed by atoms with Crippen LogP contribution in [0.3, 0.4) is 0 Å². The van der Waals surface area contributed by atoms with E-state index in [0.29, 0.717) is 6.42 Å². The van der Waals surface area contributed by atoms with Crippen LogP contribution in [0.2, 0.25) is 0 Å². The number of amides is 1. The fraction of sp³-hybridized carbons (Fsp3) is 0.300. The van der Waals surface area contributed by atoms with Crippen LogP contribution >= 0.6 is 0 Å². The van der Waals surface area contributed by atoms with Crippen molar-refractivity contribution in [3.8, 4) is 0 Å². The maximum absolute atomic E-state index is 12.8.